The molecule has 0 spiro atoms. The predicted octanol–water partition coefficient (Wildman–Crippen LogP) is 4.07. The second-order valence-corrected chi connectivity index (χ2v) is 8.55. The third-order valence-corrected chi connectivity index (χ3v) is 6.00. The summed E-state index contributed by atoms with van der Waals surface area (Å²) in [4.78, 5) is 8.83. The van der Waals surface area contributed by atoms with Crippen LogP contribution in [0.1, 0.15) is 52.3 Å². The third kappa shape index (κ3) is 7.06. The van der Waals surface area contributed by atoms with Crippen LogP contribution in [0, 0.1) is 0 Å². The number of hydrogen-bond donors (Lipinski definition) is 2. The fraction of sp³-hybridized carbons (Fsp3) is 0.737. The van der Waals surface area contributed by atoms with Crippen LogP contribution in [-0.2, 0) is 5.41 Å². The molecule has 0 aliphatic carbocycles. The molecule has 1 saturated heterocycles. The Morgan fingerprint density at radius 2 is 2.04 bits per heavy atom. The van der Waals surface area contributed by atoms with Gasteiger partial charge < -0.3 is 15.5 Å². The number of guanidine groups is 1. The maximum atomic E-state index is 4.88. The molecule has 2 N–H and O–H groups in total. The summed E-state index contributed by atoms with van der Waals surface area (Å²) in [6.45, 7) is 15.3. The highest BCUT2D eigenvalue weighted by atomic mass is 127. The highest BCUT2D eigenvalue weighted by Gasteiger charge is 2.23. The van der Waals surface area contributed by atoms with Crippen LogP contribution in [0.15, 0.2) is 22.5 Å². The fourth-order valence-electron chi connectivity index (χ4n) is 3.09. The maximum Gasteiger partial charge on any atom is 0.191 e. The SMILES string of the molecule is CCNC(=NCC(C)(C)c1cccs1)NC1CCN(C(C)C)CC1.I. The summed E-state index contributed by atoms with van der Waals surface area (Å²) in [5.41, 5.74) is 0.0809. The molecule has 0 aromatic carbocycles. The van der Waals surface area contributed by atoms with Crippen molar-refractivity contribution in [2.24, 2.45) is 4.99 Å². The molecule has 25 heavy (non-hydrogen) atoms. The molecular weight excluding hydrogens is 443 g/mol. The summed E-state index contributed by atoms with van der Waals surface area (Å²) in [7, 11) is 0. The number of aliphatic imine (C=N–C) groups is 1. The van der Waals surface area contributed by atoms with Crippen LogP contribution in [0.5, 0.6) is 0 Å². The first-order chi connectivity index (χ1) is 11.4. The Morgan fingerprint density at radius 1 is 1.36 bits per heavy atom. The van der Waals surface area contributed by atoms with Gasteiger partial charge in [0.15, 0.2) is 5.96 Å². The van der Waals surface area contributed by atoms with Gasteiger partial charge >= 0.3 is 0 Å². The van der Waals surface area contributed by atoms with Gasteiger partial charge in [-0.3, -0.25) is 4.99 Å². The molecule has 1 aliphatic heterocycles. The largest absolute Gasteiger partial charge is 0.357 e. The van der Waals surface area contributed by atoms with Crippen LogP contribution >= 0.6 is 35.3 Å². The molecule has 0 atom stereocenters. The Bertz CT molecular complexity index is 506. The van der Waals surface area contributed by atoms with E-state index < -0.39 is 0 Å². The molecule has 4 nitrogen and oxygen atoms in total. The molecule has 1 aliphatic rings. The van der Waals surface area contributed by atoms with Crippen molar-refractivity contribution in [2.75, 3.05) is 26.2 Å². The van der Waals surface area contributed by atoms with Crippen LogP contribution < -0.4 is 10.6 Å². The van der Waals surface area contributed by atoms with Gasteiger partial charge in [0.25, 0.3) is 0 Å². The molecule has 6 heteroatoms. The Morgan fingerprint density at radius 3 is 2.56 bits per heavy atom. The van der Waals surface area contributed by atoms with Crippen molar-refractivity contribution in [1.82, 2.24) is 15.5 Å². The molecule has 0 amide bonds. The van der Waals surface area contributed by atoms with Crippen LogP contribution in [0.2, 0.25) is 0 Å². The first-order valence-electron chi connectivity index (χ1n) is 9.25. The smallest absolute Gasteiger partial charge is 0.191 e. The van der Waals surface area contributed by atoms with E-state index in [-0.39, 0.29) is 29.4 Å². The normalized spacial score (nSPS) is 17.4. The first-order valence-corrected chi connectivity index (χ1v) is 10.1. The van der Waals surface area contributed by atoms with Crippen molar-refractivity contribution in [3.8, 4) is 0 Å². The minimum atomic E-state index is 0. The van der Waals surface area contributed by atoms with Crippen LogP contribution in [0.4, 0.5) is 0 Å². The third-order valence-electron chi connectivity index (χ3n) is 4.77. The summed E-state index contributed by atoms with van der Waals surface area (Å²) in [6, 6.07) is 5.52. The van der Waals surface area contributed by atoms with Gasteiger partial charge in [0, 0.05) is 42.0 Å². The number of likely N-dealkylation sites (tertiary alicyclic amines) is 1. The highest BCUT2D eigenvalue weighted by molar-refractivity contribution is 14.0. The number of hydrogen-bond acceptors (Lipinski definition) is 3. The molecule has 0 unspecified atom stereocenters. The van der Waals surface area contributed by atoms with Crippen molar-refractivity contribution in [3.63, 3.8) is 0 Å². The fourth-order valence-corrected chi connectivity index (χ4v) is 3.94. The van der Waals surface area contributed by atoms with E-state index in [1.807, 2.05) is 11.3 Å². The lowest BCUT2D eigenvalue weighted by molar-refractivity contribution is 0.167. The summed E-state index contributed by atoms with van der Waals surface area (Å²) in [5, 5.41) is 9.21. The van der Waals surface area contributed by atoms with Crippen LogP contribution in [0.25, 0.3) is 0 Å². The minimum Gasteiger partial charge on any atom is -0.357 e. The predicted molar refractivity (Wildman–Crippen MR) is 122 cm³/mol. The standard InChI is InChI=1S/C19H34N4S.HI/c1-6-20-18(21-14-19(4,5)17-8-7-13-24-17)22-16-9-11-23(12-10-16)15(2)3;/h7-8,13,15-16H,6,9-12,14H2,1-5H3,(H2,20,21,22);1H. The van der Waals surface area contributed by atoms with Gasteiger partial charge in [0.1, 0.15) is 0 Å². The lowest BCUT2D eigenvalue weighted by atomic mass is 9.92. The van der Waals surface area contributed by atoms with E-state index in [1.165, 1.54) is 30.8 Å². The van der Waals surface area contributed by atoms with E-state index in [0.29, 0.717) is 12.1 Å². The molecule has 144 valence electrons. The highest BCUT2D eigenvalue weighted by Crippen LogP contribution is 2.27. The Hall–Kier alpha value is -0.340. The zero-order valence-electron chi connectivity index (χ0n) is 16.3. The van der Waals surface area contributed by atoms with E-state index in [4.69, 9.17) is 4.99 Å². The summed E-state index contributed by atoms with van der Waals surface area (Å²) < 4.78 is 0. The van der Waals surface area contributed by atoms with Crippen molar-refractivity contribution in [1.29, 1.82) is 0 Å². The van der Waals surface area contributed by atoms with E-state index in [9.17, 15) is 0 Å². The van der Waals surface area contributed by atoms with Gasteiger partial charge in [-0.25, -0.2) is 0 Å². The molecule has 0 bridgehead atoms. The molecule has 0 radical (unpaired) electrons. The number of rotatable bonds is 6. The second-order valence-electron chi connectivity index (χ2n) is 7.60. The average Bonchev–Trinajstić information content (AvgIpc) is 3.09. The van der Waals surface area contributed by atoms with Gasteiger partial charge in [-0.05, 0) is 45.1 Å². The number of piperidine rings is 1. The second kappa shape index (κ2) is 10.7. The van der Waals surface area contributed by atoms with E-state index >= 15 is 0 Å². The molecule has 1 aromatic rings. The van der Waals surface area contributed by atoms with Crippen LogP contribution in [-0.4, -0.2) is 49.1 Å². The van der Waals surface area contributed by atoms with Crippen molar-refractivity contribution in [3.05, 3.63) is 22.4 Å². The van der Waals surface area contributed by atoms with Crippen LogP contribution in [0.3, 0.4) is 0 Å². The Kier molecular flexibility index (Phi) is 9.74. The van der Waals surface area contributed by atoms with E-state index in [1.54, 1.807) is 0 Å². The molecule has 1 fully saturated rings. The average molecular weight is 478 g/mol. The lowest BCUT2D eigenvalue weighted by Crippen LogP contribution is -2.50. The number of halogens is 1. The molecule has 1 aromatic heterocycles. The minimum absolute atomic E-state index is 0. The Balaban J connectivity index is 0.00000312. The molecule has 2 rings (SSSR count). The number of thiophene rings is 1. The van der Waals surface area contributed by atoms with Gasteiger partial charge in [-0.2, -0.15) is 0 Å². The van der Waals surface area contributed by atoms with Crippen molar-refractivity contribution in [2.45, 2.75) is 65.0 Å². The quantitative estimate of drug-likeness (QED) is 0.368. The lowest BCUT2D eigenvalue weighted by Gasteiger charge is -2.35. The number of nitrogens with one attached hydrogen (secondary N) is 2. The van der Waals surface area contributed by atoms with Gasteiger partial charge in [0.05, 0.1) is 6.54 Å². The Labute approximate surface area is 174 Å². The summed E-state index contributed by atoms with van der Waals surface area (Å²) in [6.07, 6.45) is 2.38. The zero-order chi connectivity index (χ0) is 17.6. The summed E-state index contributed by atoms with van der Waals surface area (Å²) in [5.74, 6) is 0.963. The maximum absolute atomic E-state index is 4.88. The molecule has 0 saturated carbocycles. The van der Waals surface area contributed by atoms with Crippen molar-refractivity contribution < 1.29 is 0 Å². The van der Waals surface area contributed by atoms with E-state index in [0.717, 1.165) is 19.0 Å². The number of nitrogens with zero attached hydrogens (tertiary/aromatic N) is 2. The zero-order valence-corrected chi connectivity index (χ0v) is 19.5. The van der Waals surface area contributed by atoms with E-state index in [2.05, 4.69) is 67.7 Å². The van der Waals surface area contributed by atoms with Gasteiger partial charge in [0.2, 0.25) is 0 Å². The van der Waals surface area contributed by atoms with Gasteiger partial charge in [-0.15, -0.1) is 35.3 Å². The van der Waals surface area contributed by atoms with Crippen molar-refractivity contribution >= 4 is 41.3 Å². The first kappa shape index (κ1) is 22.7. The monoisotopic (exact) mass is 478 g/mol. The topological polar surface area (TPSA) is 39.7 Å². The van der Waals surface area contributed by atoms with Gasteiger partial charge in [-0.1, -0.05) is 19.9 Å². The summed E-state index contributed by atoms with van der Waals surface area (Å²) >= 11 is 1.82. The molecule has 2 heterocycles. The molecular formula is C19H35IN4S.